The van der Waals surface area contributed by atoms with Gasteiger partial charge in [-0.05, 0) is 0 Å². The summed E-state index contributed by atoms with van der Waals surface area (Å²) in [4.78, 5) is 22.0. The van der Waals surface area contributed by atoms with Crippen molar-refractivity contribution in [2.45, 2.75) is 22.8 Å². The molecular weight excluding hydrogens is 345 g/mol. The number of ether oxygens (including phenoxy) is 1. The normalized spacial score (nSPS) is 32.9. The molecule has 11 heteroatoms. The van der Waals surface area contributed by atoms with Crippen LogP contribution in [-0.4, -0.2) is 76.6 Å². The molecule has 3 heterocycles. The van der Waals surface area contributed by atoms with E-state index in [1.807, 2.05) is 0 Å². The van der Waals surface area contributed by atoms with Crippen LogP contribution in [-0.2, 0) is 9.25 Å². The number of aliphatic hydroxyl groups excluding tert-OH is 3. The van der Waals surface area contributed by atoms with E-state index < -0.39 is 35.0 Å². The number of rotatable bonds is 2. The Balaban J connectivity index is 2.19. The summed E-state index contributed by atoms with van der Waals surface area (Å²) >= 11 is 0.937. The molecule has 0 aromatic carbocycles. The van der Waals surface area contributed by atoms with Gasteiger partial charge in [0.1, 0.15) is 0 Å². The van der Waals surface area contributed by atoms with Crippen molar-refractivity contribution in [3.63, 3.8) is 0 Å². The molecule has 0 spiro atoms. The molecule has 5 atom stereocenters. The van der Waals surface area contributed by atoms with Crippen LogP contribution in [0.3, 0.4) is 0 Å². The van der Waals surface area contributed by atoms with E-state index in [2.05, 4.69) is 15.0 Å². The van der Waals surface area contributed by atoms with Crippen LogP contribution in [0.5, 0.6) is 0 Å². The van der Waals surface area contributed by atoms with E-state index in [4.69, 9.17) is 10.5 Å². The van der Waals surface area contributed by atoms with Crippen molar-refractivity contribution in [3.05, 3.63) is 16.7 Å². The van der Waals surface area contributed by atoms with Gasteiger partial charge in [0, 0.05) is 0 Å². The van der Waals surface area contributed by atoms with Gasteiger partial charge in [-0.2, -0.15) is 0 Å². The van der Waals surface area contributed by atoms with E-state index in [0.29, 0.717) is 0 Å². The number of nitrogens with two attached hydrogens (primary N) is 1. The summed E-state index contributed by atoms with van der Waals surface area (Å²) in [6, 6.07) is 0. The molecular formula is C10H14AsN5O5. The predicted octanol–water partition coefficient (Wildman–Crippen LogP) is -3.94. The fraction of sp³-hybridized carbons (Fsp3) is 0.500. The number of aromatic nitrogens is 4. The van der Waals surface area contributed by atoms with Crippen LogP contribution in [0.1, 0.15) is 0 Å². The van der Waals surface area contributed by atoms with Gasteiger partial charge in [-0.25, -0.2) is 0 Å². The number of aliphatic hydroxyl groups is 3. The Morgan fingerprint density at radius 2 is 2.29 bits per heavy atom. The number of fused-ring (bicyclic) bond motifs is 1. The number of nitrogens with one attached hydrogen (secondary N) is 1. The molecule has 21 heavy (non-hydrogen) atoms. The summed E-state index contributed by atoms with van der Waals surface area (Å²) in [5, 5.41) is 29.3. The van der Waals surface area contributed by atoms with E-state index in [9.17, 15) is 20.1 Å². The predicted molar refractivity (Wildman–Crippen MR) is 73.1 cm³/mol. The van der Waals surface area contributed by atoms with Crippen molar-refractivity contribution in [1.29, 1.82) is 0 Å². The van der Waals surface area contributed by atoms with E-state index in [1.165, 1.54) is 10.9 Å². The number of imidazole rings is 1. The topological polar surface area (TPSA) is 160 Å². The van der Waals surface area contributed by atoms with E-state index in [1.54, 1.807) is 0 Å². The van der Waals surface area contributed by atoms with Crippen molar-refractivity contribution in [1.82, 2.24) is 19.5 Å². The second-order valence-electron chi connectivity index (χ2n) is 4.76. The van der Waals surface area contributed by atoms with Gasteiger partial charge in [0.2, 0.25) is 0 Å². The average molecular weight is 359 g/mol. The van der Waals surface area contributed by atoms with Crippen molar-refractivity contribution in [3.8, 4) is 0 Å². The number of nitrogen functional groups attached to an aromatic ring is 1. The first-order chi connectivity index (χ1) is 9.88. The van der Waals surface area contributed by atoms with Gasteiger partial charge in [0.25, 0.3) is 0 Å². The fourth-order valence-corrected chi connectivity index (χ4v) is 3.53. The maximum absolute atomic E-state index is 11.8. The Morgan fingerprint density at radius 1 is 1.57 bits per heavy atom. The van der Waals surface area contributed by atoms with E-state index >= 15 is 0 Å². The van der Waals surface area contributed by atoms with Crippen LogP contribution in [0.2, 0.25) is 0 Å². The molecule has 6 N–H and O–H groups in total. The number of nitrogens with zero attached hydrogens (tertiary/aromatic N) is 3. The summed E-state index contributed by atoms with van der Waals surface area (Å²) < 4.78 is 5.53. The SMILES string of the molecule is Nc1nc2c(ncn2[C@]2([AsH2])O[C@H](CO)[C@@H](O)[C@H]2O)c(=O)[nH]1. The Kier molecular flexibility index (Phi) is 3.30. The zero-order valence-electron chi connectivity index (χ0n) is 10.7. The van der Waals surface area contributed by atoms with Crippen molar-refractivity contribution < 1.29 is 20.1 Å². The summed E-state index contributed by atoms with van der Waals surface area (Å²) in [6.07, 6.45) is -2.24. The van der Waals surface area contributed by atoms with Crippen molar-refractivity contribution in [2.24, 2.45) is 0 Å². The van der Waals surface area contributed by atoms with Gasteiger partial charge in [-0.3, -0.25) is 0 Å². The van der Waals surface area contributed by atoms with Gasteiger partial charge in [0.05, 0.1) is 0 Å². The monoisotopic (exact) mass is 359 g/mol. The Labute approximate surface area is 126 Å². The molecule has 0 amide bonds. The van der Waals surface area contributed by atoms with Gasteiger partial charge in [-0.1, -0.05) is 0 Å². The van der Waals surface area contributed by atoms with Gasteiger partial charge < -0.3 is 0 Å². The molecule has 1 aliphatic heterocycles. The number of aromatic amines is 1. The molecule has 0 radical (unpaired) electrons. The zero-order chi connectivity index (χ0) is 15.4. The number of hydrogen-bond acceptors (Lipinski definition) is 8. The van der Waals surface area contributed by atoms with Crippen LogP contribution in [0.15, 0.2) is 11.1 Å². The third-order valence-corrected chi connectivity index (χ3v) is 5.04. The molecule has 114 valence electrons. The number of H-pyrrole nitrogens is 1. The summed E-state index contributed by atoms with van der Waals surface area (Å²) in [6.45, 7) is -0.452. The van der Waals surface area contributed by atoms with E-state index in [-0.39, 0.29) is 17.1 Å². The summed E-state index contributed by atoms with van der Waals surface area (Å²) in [5.41, 5.74) is 5.17. The summed E-state index contributed by atoms with van der Waals surface area (Å²) in [5.74, 6) is -0.0999. The molecule has 0 aliphatic carbocycles. The Hall–Kier alpha value is -1.45. The van der Waals surface area contributed by atoms with Crippen molar-refractivity contribution in [2.75, 3.05) is 12.3 Å². The molecule has 3 rings (SSSR count). The minimum atomic E-state index is -1.37. The van der Waals surface area contributed by atoms with Crippen LogP contribution in [0, 0.1) is 0 Å². The van der Waals surface area contributed by atoms with Crippen LogP contribution < -0.4 is 11.3 Å². The first-order valence-corrected chi connectivity index (χ1v) is 7.26. The third-order valence-electron chi connectivity index (χ3n) is 3.45. The molecule has 0 bridgehead atoms. The van der Waals surface area contributed by atoms with E-state index in [0.717, 1.165) is 16.9 Å². The first kappa shape index (κ1) is 14.5. The van der Waals surface area contributed by atoms with Crippen LogP contribution in [0.25, 0.3) is 11.2 Å². The maximum atomic E-state index is 11.8. The Bertz CT molecular complexity index is 747. The minimum absolute atomic E-state index is 0.0407. The molecule has 2 aromatic rings. The van der Waals surface area contributed by atoms with Gasteiger partial charge in [0.15, 0.2) is 0 Å². The molecule has 1 aliphatic rings. The quantitative estimate of drug-likeness (QED) is 0.340. The summed E-state index contributed by atoms with van der Waals surface area (Å²) in [7, 11) is 0. The third kappa shape index (κ3) is 1.99. The first-order valence-electron chi connectivity index (χ1n) is 6.05. The molecule has 0 saturated carbocycles. The van der Waals surface area contributed by atoms with Gasteiger partial charge >= 0.3 is 125 Å². The molecule has 1 saturated heterocycles. The second-order valence-corrected chi connectivity index (χ2v) is 6.50. The number of hydrogen-bond donors (Lipinski definition) is 5. The van der Waals surface area contributed by atoms with Gasteiger partial charge in [-0.15, -0.1) is 0 Å². The number of anilines is 1. The second kappa shape index (κ2) is 4.79. The molecule has 1 fully saturated rings. The molecule has 10 nitrogen and oxygen atoms in total. The average Bonchev–Trinajstić information content (AvgIpc) is 2.95. The van der Waals surface area contributed by atoms with Crippen LogP contribution >= 0.6 is 0 Å². The molecule has 2 aromatic heterocycles. The zero-order valence-corrected chi connectivity index (χ0v) is 13.1. The van der Waals surface area contributed by atoms with Crippen LogP contribution in [0.4, 0.5) is 5.95 Å². The molecule has 1 unspecified atom stereocenters. The van der Waals surface area contributed by atoms with Crippen molar-refractivity contribution >= 4 is 34.0 Å². The fourth-order valence-electron chi connectivity index (χ4n) is 2.36. The Morgan fingerprint density at radius 3 is 2.90 bits per heavy atom. The standard InChI is InChI=1S/C10H14AsN5O5/c11-10(6(19)5(18)3(1-17)21-10)16-2-13-4-7(16)14-9(12)15-8(4)20/h2-3,5-6,17-19H,1,11H2,(H3,12,14,15,20)/t3-,5-,6-,10+/m1/s1.